The van der Waals surface area contributed by atoms with Crippen molar-refractivity contribution in [3.63, 3.8) is 0 Å². The summed E-state index contributed by atoms with van der Waals surface area (Å²) in [4.78, 5) is 17.6. The Morgan fingerprint density at radius 1 is 0.973 bits per heavy atom. The lowest BCUT2D eigenvalue weighted by molar-refractivity contribution is -0.115. The van der Waals surface area contributed by atoms with Crippen LogP contribution < -0.4 is 19.5 Å². The van der Waals surface area contributed by atoms with Crippen LogP contribution in [0.2, 0.25) is 5.02 Å². The van der Waals surface area contributed by atoms with Gasteiger partial charge in [0.05, 0.1) is 29.8 Å². The Hall–Kier alpha value is -3.94. The summed E-state index contributed by atoms with van der Waals surface area (Å²) in [5.41, 5.74) is 2.47. The van der Waals surface area contributed by atoms with Crippen molar-refractivity contribution in [1.29, 1.82) is 0 Å². The number of ether oxygens (including phenoxy) is 3. The first-order valence-electron chi connectivity index (χ1n) is 11.4. The van der Waals surface area contributed by atoms with Crippen LogP contribution in [0.3, 0.4) is 0 Å². The number of hydrogen-bond donors (Lipinski definition) is 1. The van der Waals surface area contributed by atoms with Crippen LogP contribution in [0.1, 0.15) is 11.1 Å². The van der Waals surface area contributed by atoms with Crippen LogP contribution in [-0.2, 0) is 11.4 Å². The minimum Gasteiger partial charge on any atom is -0.497 e. The van der Waals surface area contributed by atoms with Gasteiger partial charge >= 0.3 is 0 Å². The van der Waals surface area contributed by atoms with Crippen LogP contribution in [0.5, 0.6) is 17.2 Å². The number of benzene rings is 4. The van der Waals surface area contributed by atoms with E-state index < -0.39 is 0 Å². The van der Waals surface area contributed by atoms with Gasteiger partial charge in [0.25, 0.3) is 5.91 Å². The van der Waals surface area contributed by atoms with Gasteiger partial charge in [-0.25, -0.2) is 4.99 Å². The fourth-order valence-corrected chi connectivity index (χ4v) is 5.05. The number of hydrogen-bond acceptors (Lipinski definition) is 6. The number of nitrogens with one attached hydrogen (secondary N) is 1. The van der Waals surface area contributed by atoms with Crippen molar-refractivity contribution in [3.8, 4) is 17.2 Å². The second-order valence-electron chi connectivity index (χ2n) is 8.14. The standard InChI is InChI=1S/C29H23ClN2O4S/c1-34-22-12-10-21(11-13-22)31-29-32-28(33)26(37-29)16-18-14-24(30)27(25(15-18)35-2)36-17-20-8-5-7-19-6-3-4-9-23(19)20/h3-16H,17H2,1-2H3,(H,31,32,33)/b26-16-. The molecule has 37 heavy (non-hydrogen) atoms. The van der Waals surface area contributed by atoms with Crippen molar-refractivity contribution >= 4 is 57.0 Å². The lowest BCUT2D eigenvalue weighted by atomic mass is 10.1. The number of fused-ring (bicyclic) bond motifs is 1. The second-order valence-corrected chi connectivity index (χ2v) is 9.58. The van der Waals surface area contributed by atoms with Gasteiger partial charge in [0.15, 0.2) is 16.7 Å². The zero-order valence-electron chi connectivity index (χ0n) is 20.2. The van der Waals surface area contributed by atoms with E-state index in [-0.39, 0.29) is 5.91 Å². The number of amides is 1. The van der Waals surface area contributed by atoms with Crippen molar-refractivity contribution in [2.75, 3.05) is 14.2 Å². The Morgan fingerprint density at radius 2 is 1.76 bits per heavy atom. The third-order valence-corrected chi connectivity index (χ3v) is 6.95. The number of rotatable bonds is 7. The first-order chi connectivity index (χ1) is 18.0. The highest BCUT2D eigenvalue weighted by atomic mass is 35.5. The molecule has 1 heterocycles. The summed E-state index contributed by atoms with van der Waals surface area (Å²) in [5, 5.41) is 5.95. The Kier molecular flexibility index (Phi) is 7.35. The molecule has 4 aromatic carbocycles. The Balaban J connectivity index is 1.35. The molecule has 0 spiro atoms. The van der Waals surface area contributed by atoms with E-state index in [2.05, 4.69) is 28.5 Å². The molecule has 0 atom stereocenters. The van der Waals surface area contributed by atoms with Gasteiger partial charge in [0.2, 0.25) is 0 Å². The molecule has 1 fully saturated rings. The van der Waals surface area contributed by atoms with Gasteiger partial charge in [-0.05, 0) is 76.1 Å². The largest absolute Gasteiger partial charge is 0.497 e. The maximum atomic E-state index is 12.6. The number of thioether (sulfide) groups is 1. The number of aliphatic imine (C=N–C) groups is 1. The molecule has 0 aromatic heterocycles. The van der Waals surface area contributed by atoms with E-state index in [1.165, 1.54) is 11.8 Å². The normalized spacial score (nSPS) is 15.3. The van der Waals surface area contributed by atoms with Gasteiger partial charge < -0.3 is 19.5 Å². The van der Waals surface area contributed by atoms with Crippen molar-refractivity contribution < 1.29 is 19.0 Å². The average molecular weight is 531 g/mol. The monoisotopic (exact) mass is 530 g/mol. The predicted molar refractivity (Wildman–Crippen MR) is 150 cm³/mol. The summed E-state index contributed by atoms with van der Waals surface area (Å²) >= 11 is 7.86. The predicted octanol–water partition coefficient (Wildman–Crippen LogP) is 6.98. The molecule has 0 saturated carbocycles. The maximum absolute atomic E-state index is 12.6. The number of carbonyl (C=O) groups is 1. The van der Waals surface area contributed by atoms with Crippen LogP contribution in [-0.4, -0.2) is 25.3 Å². The fourth-order valence-electron chi connectivity index (χ4n) is 3.94. The van der Waals surface area contributed by atoms with Crippen molar-refractivity contribution in [2.24, 2.45) is 4.99 Å². The van der Waals surface area contributed by atoms with Gasteiger partial charge in [0, 0.05) is 0 Å². The van der Waals surface area contributed by atoms with E-state index in [0.717, 1.165) is 22.1 Å². The molecule has 186 valence electrons. The van der Waals surface area contributed by atoms with Crippen LogP contribution >= 0.6 is 23.4 Å². The zero-order chi connectivity index (χ0) is 25.8. The number of carbonyl (C=O) groups excluding carboxylic acids is 1. The third-order valence-electron chi connectivity index (χ3n) is 5.76. The molecule has 1 aliphatic rings. The van der Waals surface area contributed by atoms with Gasteiger partial charge in [-0.15, -0.1) is 0 Å². The molecule has 1 saturated heterocycles. The summed E-state index contributed by atoms with van der Waals surface area (Å²) in [6.07, 6.45) is 1.75. The molecule has 6 nitrogen and oxygen atoms in total. The molecule has 1 amide bonds. The SMILES string of the molecule is COc1ccc(N=C2NC(=O)/C(=C/c3cc(Cl)c(OCc4cccc5ccccc45)c(OC)c3)S2)cc1. The van der Waals surface area contributed by atoms with E-state index >= 15 is 0 Å². The highest BCUT2D eigenvalue weighted by Gasteiger charge is 2.24. The number of amidine groups is 1. The Labute approximate surface area is 223 Å². The molecule has 0 radical (unpaired) electrons. The number of halogens is 1. The van der Waals surface area contributed by atoms with E-state index in [4.69, 9.17) is 25.8 Å². The molecular formula is C29H23ClN2O4S. The second kappa shape index (κ2) is 11.0. The van der Waals surface area contributed by atoms with Gasteiger partial charge in [-0.3, -0.25) is 4.79 Å². The van der Waals surface area contributed by atoms with Crippen LogP contribution in [0.15, 0.2) is 88.8 Å². The van der Waals surface area contributed by atoms with Crippen LogP contribution in [0.4, 0.5) is 5.69 Å². The van der Waals surface area contributed by atoms with E-state index in [9.17, 15) is 4.79 Å². The van der Waals surface area contributed by atoms with Crippen molar-refractivity contribution in [3.05, 3.63) is 99.9 Å². The molecule has 5 rings (SSSR count). The molecule has 1 aliphatic heterocycles. The quantitative estimate of drug-likeness (QED) is 0.261. The summed E-state index contributed by atoms with van der Waals surface area (Å²) in [7, 11) is 3.17. The Bertz CT molecular complexity index is 1530. The first kappa shape index (κ1) is 24.7. The number of methoxy groups -OCH3 is 2. The minimum atomic E-state index is -0.233. The van der Waals surface area contributed by atoms with Gasteiger partial charge in [-0.2, -0.15) is 0 Å². The average Bonchev–Trinajstić information content (AvgIpc) is 3.26. The van der Waals surface area contributed by atoms with Crippen LogP contribution in [0, 0.1) is 0 Å². The smallest absolute Gasteiger partial charge is 0.264 e. The highest BCUT2D eigenvalue weighted by Crippen LogP contribution is 2.39. The topological polar surface area (TPSA) is 69.2 Å². The summed E-state index contributed by atoms with van der Waals surface area (Å²) < 4.78 is 16.9. The Morgan fingerprint density at radius 3 is 2.54 bits per heavy atom. The van der Waals surface area contributed by atoms with Crippen molar-refractivity contribution in [2.45, 2.75) is 6.61 Å². The minimum absolute atomic E-state index is 0.233. The highest BCUT2D eigenvalue weighted by molar-refractivity contribution is 8.18. The van der Waals surface area contributed by atoms with Gasteiger partial charge in [0.1, 0.15) is 12.4 Å². The third kappa shape index (κ3) is 5.58. The van der Waals surface area contributed by atoms with Gasteiger partial charge in [-0.1, -0.05) is 54.1 Å². The lowest BCUT2D eigenvalue weighted by Crippen LogP contribution is -2.19. The summed E-state index contributed by atoms with van der Waals surface area (Å²) in [5.74, 6) is 1.44. The van der Waals surface area contributed by atoms with E-state index in [1.807, 2.05) is 48.5 Å². The maximum Gasteiger partial charge on any atom is 0.264 e. The molecule has 0 bridgehead atoms. The van der Waals surface area contributed by atoms with Crippen LogP contribution in [0.25, 0.3) is 16.8 Å². The molecule has 0 aliphatic carbocycles. The summed E-state index contributed by atoms with van der Waals surface area (Å²) in [6, 6.07) is 25.1. The zero-order valence-corrected chi connectivity index (χ0v) is 21.7. The first-order valence-corrected chi connectivity index (χ1v) is 12.6. The molecule has 0 unspecified atom stereocenters. The fraction of sp³-hybridized carbons (Fsp3) is 0.103. The molecular weight excluding hydrogens is 508 g/mol. The number of nitrogens with zero attached hydrogens (tertiary/aromatic N) is 1. The summed E-state index contributed by atoms with van der Waals surface area (Å²) in [6.45, 7) is 0.335. The molecule has 4 aromatic rings. The lowest BCUT2D eigenvalue weighted by Gasteiger charge is -2.14. The van der Waals surface area contributed by atoms with E-state index in [0.29, 0.717) is 44.5 Å². The van der Waals surface area contributed by atoms with Crippen molar-refractivity contribution in [1.82, 2.24) is 5.32 Å². The van der Waals surface area contributed by atoms with E-state index in [1.54, 1.807) is 32.4 Å². The molecule has 1 N–H and O–H groups in total. The molecule has 8 heteroatoms.